The van der Waals surface area contributed by atoms with Crippen molar-refractivity contribution in [2.24, 2.45) is 0 Å². The van der Waals surface area contributed by atoms with E-state index < -0.39 is 5.60 Å². The van der Waals surface area contributed by atoms with Crippen LogP contribution in [0, 0.1) is 0 Å². The molecule has 0 radical (unpaired) electrons. The van der Waals surface area contributed by atoms with Crippen LogP contribution in [0.2, 0.25) is 0 Å². The van der Waals surface area contributed by atoms with Crippen LogP contribution in [0.4, 0.5) is 0 Å². The smallest absolute Gasteiger partial charge is 0.163 e. The average molecular weight is 481 g/mol. The standard InChI is InChI=1S/C29H28N4O3/c1-4-33-27(32-26-18-30-20-31-28(26)33)19-36-29(21-8-6-5-7-9-21,22-10-14-24(34-2)15-11-22)23-12-16-25(35-3)17-13-23/h5-18,20H,4,19H2,1-3H3. The number of nitrogens with zero attached hydrogens (tertiary/aromatic N) is 4. The molecule has 5 aromatic rings. The molecule has 0 saturated carbocycles. The number of aryl methyl sites for hydroxylation is 1. The van der Waals surface area contributed by atoms with E-state index in [1.165, 1.54) is 0 Å². The van der Waals surface area contributed by atoms with Gasteiger partial charge in [-0.25, -0.2) is 15.0 Å². The molecule has 2 heterocycles. The van der Waals surface area contributed by atoms with Crippen molar-refractivity contribution >= 4 is 11.2 Å². The second kappa shape index (κ2) is 10.2. The van der Waals surface area contributed by atoms with Gasteiger partial charge in [-0.2, -0.15) is 0 Å². The molecular formula is C29H28N4O3. The molecule has 3 aromatic carbocycles. The van der Waals surface area contributed by atoms with Crippen LogP contribution in [0.25, 0.3) is 11.2 Å². The van der Waals surface area contributed by atoms with Crippen molar-refractivity contribution < 1.29 is 14.2 Å². The van der Waals surface area contributed by atoms with Crippen molar-refractivity contribution in [3.63, 3.8) is 0 Å². The molecular weight excluding hydrogens is 452 g/mol. The van der Waals surface area contributed by atoms with Crippen molar-refractivity contribution in [2.75, 3.05) is 14.2 Å². The normalized spacial score (nSPS) is 11.5. The van der Waals surface area contributed by atoms with E-state index in [1.807, 2.05) is 66.7 Å². The molecule has 0 aliphatic rings. The summed E-state index contributed by atoms with van der Waals surface area (Å²) in [6.45, 7) is 3.05. The van der Waals surface area contributed by atoms with Crippen LogP contribution in [0.5, 0.6) is 11.5 Å². The van der Waals surface area contributed by atoms with Gasteiger partial charge in [0.15, 0.2) is 5.65 Å². The summed E-state index contributed by atoms with van der Waals surface area (Å²) in [7, 11) is 3.33. The number of benzene rings is 3. The number of hydrogen-bond donors (Lipinski definition) is 0. The Balaban J connectivity index is 1.68. The molecule has 0 saturated heterocycles. The van der Waals surface area contributed by atoms with Crippen molar-refractivity contribution in [1.82, 2.24) is 19.5 Å². The Kier molecular flexibility index (Phi) is 6.64. The molecule has 0 atom stereocenters. The first-order chi connectivity index (χ1) is 17.7. The third-order valence-electron chi connectivity index (χ3n) is 6.40. The highest BCUT2D eigenvalue weighted by Gasteiger charge is 2.38. The van der Waals surface area contributed by atoms with Crippen LogP contribution in [0.3, 0.4) is 0 Å². The predicted octanol–water partition coefficient (Wildman–Crippen LogP) is 5.37. The number of imidazole rings is 1. The lowest BCUT2D eigenvalue weighted by molar-refractivity contribution is -0.00431. The third-order valence-corrected chi connectivity index (χ3v) is 6.40. The fourth-order valence-electron chi connectivity index (χ4n) is 4.61. The maximum Gasteiger partial charge on any atom is 0.163 e. The molecule has 0 bridgehead atoms. The van der Waals surface area contributed by atoms with Crippen molar-refractivity contribution in [3.8, 4) is 11.5 Å². The summed E-state index contributed by atoms with van der Waals surface area (Å²) in [5, 5.41) is 0. The minimum atomic E-state index is -0.914. The first-order valence-electron chi connectivity index (χ1n) is 11.8. The zero-order valence-electron chi connectivity index (χ0n) is 20.6. The molecule has 7 nitrogen and oxygen atoms in total. The molecule has 0 amide bonds. The van der Waals surface area contributed by atoms with E-state index in [0.717, 1.165) is 51.7 Å². The number of methoxy groups -OCH3 is 2. The quantitative estimate of drug-likeness (QED) is 0.264. The predicted molar refractivity (Wildman–Crippen MR) is 138 cm³/mol. The Morgan fingerprint density at radius 2 is 1.36 bits per heavy atom. The summed E-state index contributed by atoms with van der Waals surface area (Å²) in [4.78, 5) is 13.4. The highest BCUT2D eigenvalue weighted by atomic mass is 16.5. The largest absolute Gasteiger partial charge is 0.497 e. The van der Waals surface area contributed by atoms with Crippen LogP contribution >= 0.6 is 0 Å². The van der Waals surface area contributed by atoms with Crippen molar-refractivity contribution in [3.05, 3.63) is 114 Å². The van der Waals surface area contributed by atoms with Gasteiger partial charge in [-0.15, -0.1) is 0 Å². The second-order valence-electron chi connectivity index (χ2n) is 8.30. The summed E-state index contributed by atoms with van der Waals surface area (Å²) < 4.78 is 19.9. The monoisotopic (exact) mass is 480 g/mol. The zero-order chi connectivity index (χ0) is 25.0. The van der Waals surface area contributed by atoms with Gasteiger partial charge in [0, 0.05) is 6.54 Å². The Bertz CT molecular complexity index is 1380. The van der Waals surface area contributed by atoms with Gasteiger partial charge in [0.1, 0.15) is 41.4 Å². The Morgan fingerprint density at radius 1 is 0.778 bits per heavy atom. The molecule has 36 heavy (non-hydrogen) atoms. The Morgan fingerprint density at radius 3 is 1.92 bits per heavy atom. The van der Waals surface area contributed by atoms with Gasteiger partial charge in [-0.3, -0.25) is 0 Å². The molecule has 0 N–H and O–H groups in total. The molecule has 182 valence electrons. The van der Waals surface area contributed by atoms with Gasteiger partial charge in [0.05, 0.1) is 20.4 Å². The molecule has 0 unspecified atom stereocenters. The number of fused-ring (bicyclic) bond motifs is 1. The third kappa shape index (κ3) is 4.18. The first kappa shape index (κ1) is 23.5. The lowest BCUT2D eigenvalue weighted by atomic mass is 9.80. The van der Waals surface area contributed by atoms with E-state index in [1.54, 1.807) is 26.7 Å². The average Bonchev–Trinajstić information content (AvgIpc) is 3.32. The number of aromatic nitrogens is 4. The minimum absolute atomic E-state index is 0.261. The molecule has 0 aliphatic heterocycles. The van der Waals surface area contributed by atoms with Crippen LogP contribution in [-0.4, -0.2) is 33.7 Å². The van der Waals surface area contributed by atoms with E-state index in [9.17, 15) is 0 Å². The van der Waals surface area contributed by atoms with Crippen molar-refractivity contribution in [1.29, 1.82) is 0 Å². The van der Waals surface area contributed by atoms with Crippen LogP contribution in [-0.2, 0) is 23.5 Å². The Hall–Kier alpha value is -4.23. The van der Waals surface area contributed by atoms with E-state index in [0.29, 0.717) is 0 Å². The van der Waals surface area contributed by atoms with Gasteiger partial charge in [0.25, 0.3) is 0 Å². The van der Waals surface area contributed by atoms with E-state index in [4.69, 9.17) is 19.2 Å². The van der Waals surface area contributed by atoms with Crippen LogP contribution in [0.1, 0.15) is 29.4 Å². The molecule has 2 aromatic heterocycles. The van der Waals surface area contributed by atoms with Gasteiger partial charge < -0.3 is 18.8 Å². The number of ether oxygens (including phenoxy) is 3. The first-order valence-corrected chi connectivity index (χ1v) is 11.8. The summed E-state index contributed by atoms with van der Waals surface area (Å²) in [5.74, 6) is 2.35. The number of hydrogen-bond acceptors (Lipinski definition) is 6. The maximum absolute atomic E-state index is 6.98. The van der Waals surface area contributed by atoms with E-state index >= 15 is 0 Å². The highest BCUT2D eigenvalue weighted by Crippen LogP contribution is 2.42. The fourth-order valence-corrected chi connectivity index (χ4v) is 4.61. The molecule has 0 fully saturated rings. The number of rotatable bonds is 9. The lowest BCUT2D eigenvalue weighted by Crippen LogP contribution is -2.33. The van der Waals surface area contributed by atoms with Gasteiger partial charge in [0.2, 0.25) is 0 Å². The Labute approximate surface area is 210 Å². The zero-order valence-corrected chi connectivity index (χ0v) is 20.6. The topological polar surface area (TPSA) is 71.3 Å². The summed E-state index contributed by atoms with van der Waals surface area (Å²) in [6, 6.07) is 26.2. The van der Waals surface area contributed by atoms with E-state index in [-0.39, 0.29) is 6.61 Å². The maximum atomic E-state index is 6.98. The molecule has 5 rings (SSSR count). The SMILES string of the molecule is CCn1c(COC(c2ccccc2)(c2ccc(OC)cc2)c2ccc(OC)cc2)nc2cncnc21. The van der Waals surface area contributed by atoms with Crippen LogP contribution < -0.4 is 9.47 Å². The van der Waals surface area contributed by atoms with Crippen LogP contribution in [0.15, 0.2) is 91.4 Å². The summed E-state index contributed by atoms with van der Waals surface area (Å²) >= 11 is 0. The minimum Gasteiger partial charge on any atom is -0.497 e. The molecule has 7 heteroatoms. The highest BCUT2D eigenvalue weighted by molar-refractivity contribution is 5.69. The van der Waals surface area contributed by atoms with Gasteiger partial charge in [-0.05, 0) is 47.9 Å². The lowest BCUT2D eigenvalue weighted by Gasteiger charge is -2.36. The molecule has 0 aliphatic carbocycles. The van der Waals surface area contributed by atoms with Gasteiger partial charge >= 0.3 is 0 Å². The molecule has 0 spiro atoms. The van der Waals surface area contributed by atoms with Crippen molar-refractivity contribution in [2.45, 2.75) is 25.7 Å². The summed E-state index contributed by atoms with van der Waals surface area (Å²) in [6.07, 6.45) is 3.28. The summed E-state index contributed by atoms with van der Waals surface area (Å²) in [5.41, 5.74) is 3.57. The van der Waals surface area contributed by atoms with E-state index in [2.05, 4.69) is 33.6 Å². The fraction of sp³-hybridized carbons (Fsp3) is 0.207. The second-order valence-corrected chi connectivity index (χ2v) is 8.30. The van der Waals surface area contributed by atoms with Gasteiger partial charge in [-0.1, -0.05) is 54.6 Å².